The number of amides is 1. The second-order valence-corrected chi connectivity index (χ2v) is 8.13. The lowest BCUT2D eigenvalue weighted by Gasteiger charge is -2.21. The first kappa shape index (κ1) is 19.5. The maximum atomic E-state index is 11.9. The van der Waals surface area contributed by atoms with Gasteiger partial charge in [0.05, 0.1) is 16.6 Å². The van der Waals surface area contributed by atoms with E-state index in [9.17, 15) is 4.79 Å². The predicted octanol–water partition coefficient (Wildman–Crippen LogP) is 3.24. The van der Waals surface area contributed by atoms with Crippen LogP contribution in [0.5, 0.6) is 0 Å². The number of hydrogen-bond donors (Lipinski definition) is 2. The normalized spacial score (nSPS) is 11.4. The largest absolute Gasteiger partial charge is 0.459 e. The van der Waals surface area contributed by atoms with E-state index < -0.39 is 0 Å². The minimum absolute atomic E-state index is 0.174. The number of furan rings is 1. The Kier molecular flexibility index (Phi) is 7.52. The standard InChI is InChI=1S/C17H23BrN4O2S/c1-12-7-10-24-15(12)16(23)20-8-4-9-21-17(19-2)22(3)11-13-5-6-14(18)25-13/h5-7,10H,4,8-9,11H2,1-3H3,(H,19,21)(H,20,23). The number of halogens is 1. The van der Waals surface area contributed by atoms with Gasteiger partial charge in [-0.15, -0.1) is 11.3 Å². The molecule has 25 heavy (non-hydrogen) atoms. The number of aryl methyl sites for hydroxylation is 1. The molecule has 0 aliphatic heterocycles. The van der Waals surface area contributed by atoms with Crippen LogP contribution in [0.4, 0.5) is 0 Å². The van der Waals surface area contributed by atoms with Crippen LogP contribution in [0.25, 0.3) is 0 Å². The SMILES string of the molecule is CN=C(NCCCNC(=O)c1occc1C)N(C)Cc1ccc(Br)s1. The van der Waals surface area contributed by atoms with E-state index in [1.165, 1.54) is 11.1 Å². The predicted molar refractivity (Wildman–Crippen MR) is 105 cm³/mol. The molecule has 136 valence electrons. The number of nitrogens with zero attached hydrogens (tertiary/aromatic N) is 2. The van der Waals surface area contributed by atoms with Gasteiger partial charge in [0.25, 0.3) is 5.91 Å². The monoisotopic (exact) mass is 426 g/mol. The highest BCUT2D eigenvalue weighted by atomic mass is 79.9. The van der Waals surface area contributed by atoms with Crippen molar-refractivity contribution in [3.05, 3.63) is 44.4 Å². The van der Waals surface area contributed by atoms with Gasteiger partial charge >= 0.3 is 0 Å². The molecule has 0 aliphatic carbocycles. The molecule has 0 aromatic carbocycles. The van der Waals surface area contributed by atoms with E-state index >= 15 is 0 Å². The van der Waals surface area contributed by atoms with Crippen molar-refractivity contribution in [3.8, 4) is 0 Å². The highest BCUT2D eigenvalue weighted by molar-refractivity contribution is 9.11. The fourth-order valence-electron chi connectivity index (χ4n) is 2.31. The van der Waals surface area contributed by atoms with Crippen molar-refractivity contribution in [1.82, 2.24) is 15.5 Å². The lowest BCUT2D eigenvalue weighted by Crippen LogP contribution is -2.39. The van der Waals surface area contributed by atoms with Gasteiger partial charge in [-0.2, -0.15) is 0 Å². The minimum atomic E-state index is -0.174. The Morgan fingerprint density at radius 2 is 2.08 bits per heavy atom. The Bertz CT molecular complexity index is 726. The van der Waals surface area contributed by atoms with Gasteiger partial charge in [-0.1, -0.05) is 0 Å². The summed E-state index contributed by atoms with van der Waals surface area (Å²) in [5, 5.41) is 6.17. The number of thiophene rings is 1. The van der Waals surface area contributed by atoms with E-state index in [4.69, 9.17) is 4.42 Å². The van der Waals surface area contributed by atoms with E-state index in [2.05, 4.69) is 42.5 Å². The fourth-order valence-corrected chi connectivity index (χ4v) is 3.84. The van der Waals surface area contributed by atoms with Crippen molar-refractivity contribution >= 4 is 39.1 Å². The third-order valence-electron chi connectivity index (χ3n) is 3.59. The van der Waals surface area contributed by atoms with Crippen LogP contribution in [0.1, 0.15) is 27.4 Å². The first-order valence-corrected chi connectivity index (χ1v) is 9.60. The molecule has 0 spiro atoms. The smallest absolute Gasteiger partial charge is 0.287 e. The average Bonchev–Trinajstić information content (AvgIpc) is 3.18. The lowest BCUT2D eigenvalue weighted by atomic mass is 10.2. The summed E-state index contributed by atoms with van der Waals surface area (Å²) in [6.45, 7) is 3.95. The highest BCUT2D eigenvalue weighted by Crippen LogP contribution is 2.22. The maximum Gasteiger partial charge on any atom is 0.287 e. The topological polar surface area (TPSA) is 69.9 Å². The van der Waals surface area contributed by atoms with Gasteiger partial charge in [0.1, 0.15) is 0 Å². The molecule has 0 radical (unpaired) electrons. The third-order valence-corrected chi connectivity index (χ3v) is 5.19. The molecule has 0 atom stereocenters. The molecule has 0 fully saturated rings. The first-order valence-electron chi connectivity index (χ1n) is 7.99. The number of nitrogens with one attached hydrogen (secondary N) is 2. The number of aliphatic imine (C=N–C) groups is 1. The molecule has 1 amide bonds. The van der Waals surface area contributed by atoms with Crippen LogP contribution in [-0.2, 0) is 6.54 Å². The van der Waals surface area contributed by atoms with Gasteiger partial charge in [-0.3, -0.25) is 9.79 Å². The minimum Gasteiger partial charge on any atom is -0.459 e. The fraction of sp³-hybridized carbons (Fsp3) is 0.412. The van der Waals surface area contributed by atoms with Gasteiger partial charge in [0.2, 0.25) is 0 Å². The first-order chi connectivity index (χ1) is 12.0. The van der Waals surface area contributed by atoms with Gasteiger partial charge in [-0.25, -0.2) is 0 Å². The Hall–Kier alpha value is -1.80. The zero-order valence-electron chi connectivity index (χ0n) is 14.6. The number of hydrogen-bond acceptors (Lipinski definition) is 4. The highest BCUT2D eigenvalue weighted by Gasteiger charge is 2.12. The molecule has 6 nitrogen and oxygen atoms in total. The van der Waals surface area contributed by atoms with Gasteiger partial charge in [-0.05, 0) is 47.5 Å². The van der Waals surface area contributed by atoms with Crippen LogP contribution >= 0.6 is 27.3 Å². The van der Waals surface area contributed by atoms with Crippen LogP contribution in [0.15, 0.2) is 37.7 Å². The van der Waals surface area contributed by atoms with Gasteiger partial charge in [0.15, 0.2) is 11.7 Å². The quantitative estimate of drug-likeness (QED) is 0.405. The molecule has 2 aromatic heterocycles. The van der Waals surface area contributed by atoms with Crippen molar-refractivity contribution in [3.63, 3.8) is 0 Å². The molecular formula is C17H23BrN4O2S. The molecule has 2 aromatic rings. The van der Waals surface area contributed by atoms with Crippen LogP contribution in [0, 0.1) is 6.92 Å². The number of rotatable bonds is 7. The Balaban J connectivity index is 1.68. The number of carbonyl (C=O) groups is 1. The maximum absolute atomic E-state index is 11.9. The molecule has 0 aliphatic rings. The summed E-state index contributed by atoms with van der Waals surface area (Å²) in [6.07, 6.45) is 2.32. The second kappa shape index (κ2) is 9.62. The van der Waals surface area contributed by atoms with Gasteiger partial charge < -0.3 is 20.0 Å². The molecule has 0 bridgehead atoms. The summed E-state index contributed by atoms with van der Waals surface area (Å²) < 4.78 is 6.30. The molecule has 0 saturated carbocycles. The summed E-state index contributed by atoms with van der Waals surface area (Å²) in [5.41, 5.74) is 0.845. The summed E-state index contributed by atoms with van der Waals surface area (Å²) >= 11 is 5.19. The summed E-state index contributed by atoms with van der Waals surface area (Å²) in [5.74, 6) is 1.04. The van der Waals surface area contributed by atoms with Crippen molar-refractivity contribution in [1.29, 1.82) is 0 Å². The van der Waals surface area contributed by atoms with Crippen LogP contribution in [-0.4, -0.2) is 44.0 Å². The number of guanidine groups is 1. The zero-order chi connectivity index (χ0) is 18.2. The average molecular weight is 427 g/mol. The van der Waals surface area contributed by atoms with Crippen molar-refractivity contribution in [2.45, 2.75) is 19.9 Å². The number of carbonyl (C=O) groups excluding carboxylic acids is 1. The van der Waals surface area contributed by atoms with Crippen molar-refractivity contribution in [2.24, 2.45) is 4.99 Å². The van der Waals surface area contributed by atoms with E-state index in [1.807, 2.05) is 20.0 Å². The van der Waals surface area contributed by atoms with Gasteiger partial charge in [0, 0.05) is 37.6 Å². The Morgan fingerprint density at radius 1 is 1.32 bits per heavy atom. The molecular weight excluding hydrogens is 404 g/mol. The lowest BCUT2D eigenvalue weighted by molar-refractivity contribution is 0.0925. The molecule has 8 heteroatoms. The Morgan fingerprint density at radius 3 is 2.68 bits per heavy atom. The molecule has 0 saturated heterocycles. The van der Waals surface area contributed by atoms with E-state index in [-0.39, 0.29) is 5.91 Å². The van der Waals surface area contributed by atoms with Crippen LogP contribution in [0.3, 0.4) is 0 Å². The zero-order valence-corrected chi connectivity index (χ0v) is 17.0. The summed E-state index contributed by atoms with van der Waals surface area (Å²) in [7, 11) is 3.77. The summed E-state index contributed by atoms with van der Waals surface area (Å²) in [6, 6.07) is 5.93. The molecule has 2 N–H and O–H groups in total. The van der Waals surface area contributed by atoms with Crippen LogP contribution in [0.2, 0.25) is 0 Å². The van der Waals surface area contributed by atoms with E-state index in [0.717, 1.165) is 34.8 Å². The van der Waals surface area contributed by atoms with E-state index in [0.29, 0.717) is 12.3 Å². The molecule has 0 unspecified atom stereocenters. The van der Waals surface area contributed by atoms with E-state index in [1.54, 1.807) is 24.5 Å². The summed E-state index contributed by atoms with van der Waals surface area (Å²) in [4.78, 5) is 19.6. The second-order valence-electron chi connectivity index (χ2n) is 5.58. The van der Waals surface area contributed by atoms with Crippen molar-refractivity contribution < 1.29 is 9.21 Å². The molecule has 2 rings (SSSR count). The Labute approximate surface area is 160 Å². The van der Waals surface area contributed by atoms with Crippen LogP contribution < -0.4 is 10.6 Å². The molecule has 2 heterocycles. The third kappa shape index (κ3) is 5.89. The van der Waals surface area contributed by atoms with Crippen molar-refractivity contribution in [2.75, 3.05) is 27.2 Å².